The number of halogens is 5. The topological polar surface area (TPSA) is 38.1 Å². The largest absolute Gasteiger partial charge is 0.416 e. The maximum atomic E-state index is 12.6. The summed E-state index contributed by atoms with van der Waals surface area (Å²) in [6.45, 7) is 0.610. The van der Waals surface area contributed by atoms with E-state index in [4.69, 9.17) is 23.2 Å². The molecule has 1 fully saturated rings. The molecule has 0 atom stereocenters. The first-order chi connectivity index (χ1) is 11.8. The van der Waals surface area contributed by atoms with Crippen molar-refractivity contribution in [3.05, 3.63) is 62.0 Å². The summed E-state index contributed by atoms with van der Waals surface area (Å²) in [5, 5.41) is 3.97. The first-order valence-corrected chi connectivity index (χ1v) is 8.32. The summed E-state index contributed by atoms with van der Waals surface area (Å²) in [4.78, 5) is 14.1. The molecule has 9 heteroatoms. The Labute approximate surface area is 151 Å². The molecule has 2 aromatic rings. The van der Waals surface area contributed by atoms with Gasteiger partial charge in [-0.1, -0.05) is 35.3 Å². The van der Waals surface area contributed by atoms with Crippen LogP contribution >= 0.6 is 23.2 Å². The molecule has 1 heterocycles. The highest BCUT2D eigenvalue weighted by molar-refractivity contribution is 6.41. The Morgan fingerprint density at radius 3 is 2.40 bits per heavy atom. The second-order valence-corrected chi connectivity index (χ2v) is 6.71. The first-order valence-electron chi connectivity index (χ1n) is 7.57. The zero-order chi connectivity index (χ0) is 18.2. The minimum atomic E-state index is -4.36. The molecule has 0 unspecified atom stereocenters. The molecule has 1 saturated carbocycles. The van der Waals surface area contributed by atoms with E-state index in [-0.39, 0.29) is 22.8 Å². The van der Waals surface area contributed by atoms with Crippen molar-refractivity contribution in [3.63, 3.8) is 0 Å². The Hall–Kier alpha value is -1.57. The van der Waals surface area contributed by atoms with Crippen LogP contribution in [0.4, 0.5) is 13.2 Å². The molecule has 25 heavy (non-hydrogen) atoms. The van der Waals surface area contributed by atoms with Crippen molar-refractivity contribution in [2.75, 3.05) is 0 Å². The Bertz CT molecular complexity index is 817. The van der Waals surface area contributed by atoms with Gasteiger partial charge >= 0.3 is 6.18 Å². The van der Waals surface area contributed by atoms with Crippen LogP contribution in [-0.2, 0) is 19.4 Å². The van der Waals surface area contributed by atoms with Crippen molar-refractivity contribution in [2.45, 2.75) is 38.3 Å². The second kappa shape index (κ2) is 6.97. The lowest BCUT2D eigenvalue weighted by Gasteiger charge is -2.22. The summed E-state index contributed by atoms with van der Waals surface area (Å²) in [5.41, 5.74) is -0.447. The average Bonchev–Trinajstić information content (AvgIpc) is 3.39. The van der Waals surface area contributed by atoms with E-state index in [9.17, 15) is 18.0 Å². The lowest BCUT2D eigenvalue weighted by Crippen LogP contribution is -2.35. The number of benzene rings is 1. The second-order valence-electron chi connectivity index (χ2n) is 5.93. The Balaban J connectivity index is 1.77. The van der Waals surface area contributed by atoms with Gasteiger partial charge in [-0.2, -0.15) is 18.3 Å². The highest BCUT2D eigenvalue weighted by atomic mass is 35.5. The minimum absolute atomic E-state index is 0.0867. The fourth-order valence-corrected chi connectivity index (χ4v) is 2.76. The summed E-state index contributed by atoms with van der Waals surface area (Å²) in [7, 11) is 0. The zero-order valence-corrected chi connectivity index (χ0v) is 14.4. The molecule has 0 bridgehead atoms. The van der Waals surface area contributed by atoms with Crippen LogP contribution in [0.25, 0.3) is 0 Å². The highest BCUT2D eigenvalue weighted by Crippen LogP contribution is 2.31. The number of hydrogen-bond acceptors (Lipinski definition) is 3. The van der Waals surface area contributed by atoms with Gasteiger partial charge in [-0.3, -0.25) is 9.69 Å². The summed E-state index contributed by atoms with van der Waals surface area (Å²) >= 11 is 11.6. The van der Waals surface area contributed by atoms with Gasteiger partial charge in [0, 0.05) is 12.6 Å². The molecule has 1 aromatic heterocycles. The smallest absolute Gasteiger partial charge is 0.277 e. The van der Waals surface area contributed by atoms with E-state index in [0.717, 1.165) is 30.5 Å². The van der Waals surface area contributed by atoms with E-state index >= 15 is 0 Å². The molecular formula is C16H14Cl2F3N3O. The van der Waals surface area contributed by atoms with Crippen LogP contribution in [0.15, 0.2) is 35.3 Å². The summed E-state index contributed by atoms with van der Waals surface area (Å²) in [5.74, 6) is 0. The van der Waals surface area contributed by atoms with Crippen molar-refractivity contribution in [2.24, 2.45) is 0 Å². The Morgan fingerprint density at radius 1 is 1.20 bits per heavy atom. The SMILES string of the molecule is O=c1c(Cl)c(Cl)cnn1CN(Cc1ccc(C(F)(F)F)cc1)C1CC1. The third-order valence-corrected chi connectivity index (χ3v) is 4.74. The summed E-state index contributed by atoms with van der Waals surface area (Å²) in [6.07, 6.45) is -1.12. The Morgan fingerprint density at radius 2 is 1.84 bits per heavy atom. The minimum Gasteiger partial charge on any atom is -0.277 e. The fourth-order valence-electron chi connectivity index (χ4n) is 2.49. The van der Waals surface area contributed by atoms with Gasteiger partial charge < -0.3 is 0 Å². The van der Waals surface area contributed by atoms with Gasteiger partial charge in [-0.05, 0) is 30.5 Å². The molecule has 0 amide bonds. The third-order valence-electron chi connectivity index (χ3n) is 3.99. The van der Waals surface area contributed by atoms with Crippen LogP contribution < -0.4 is 5.56 Å². The summed E-state index contributed by atoms with van der Waals surface area (Å²) in [6, 6.07) is 5.28. The monoisotopic (exact) mass is 391 g/mol. The lowest BCUT2D eigenvalue weighted by atomic mass is 10.1. The number of hydrogen-bond donors (Lipinski definition) is 0. The van der Waals surface area contributed by atoms with Crippen molar-refractivity contribution in [3.8, 4) is 0 Å². The fraction of sp³-hybridized carbons (Fsp3) is 0.375. The van der Waals surface area contributed by atoms with E-state index in [1.807, 2.05) is 4.90 Å². The first kappa shape index (κ1) is 18.2. The van der Waals surface area contributed by atoms with Gasteiger partial charge in [0.1, 0.15) is 5.02 Å². The number of rotatable bonds is 5. The normalized spacial score (nSPS) is 15.0. The van der Waals surface area contributed by atoms with Crippen LogP contribution in [0.2, 0.25) is 10.0 Å². The maximum absolute atomic E-state index is 12.6. The number of alkyl halides is 3. The molecule has 0 aliphatic heterocycles. The average molecular weight is 392 g/mol. The van der Waals surface area contributed by atoms with E-state index in [2.05, 4.69) is 5.10 Å². The molecule has 0 radical (unpaired) electrons. The number of aromatic nitrogens is 2. The molecule has 3 rings (SSSR count). The van der Waals surface area contributed by atoms with Crippen molar-refractivity contribution >= 4 is 23.2 Å². The molecule has 4 nitrogen and oxygen atoms in total. The number of nitrogens with zero attached hydrogens (tertiary/aromatic N) is 3. The van der Waals surface area contributed by atoms with Crippen molar-refractivity contribution < 1.29 is 13.2 Å². The quantitative estimate of drug-likeness (QED) is 0.766. The van der Waals surface area contributed by atoms with Crippen molar-refractivity contribution in [1.82, 2.24) is 14.7 Å². The van der Waals surface area contributed by atoms with Gasteiger partial charge in [-0.25, -0.2) is 4.68 Å². The molecule has 134 valence electrons. The molecule has 0 spiro atoms. The predicted octanol–water partition coefficient (Wildman–Crippen LogP) is 4.19. The molecule has 0 N–H and O–H groups in total. The van der Waals surface area contributed by atoms with Crippen LogP contribution in [-0.4, -0.2) is 20.7 Å². The van der Waals surface area contributed by atoms with Crippen LogP contribution in [0, 0.1) is 0 Å². The van der Waals surface area contributed by atoms with E-state index < -0.39 is 17.3 Å². The van der Waals surface area contributed by atoms with E-state index in [1.165, 1.54) is 23.0 Å². The maximum Gasteiger partial charge on any atom is 0.416 e. The molecule has 1 aliphatic rings. The molecule has 0 saturated heterocycles. The molecule has 1 aliphatic carbocycles. The van der Waals surface area contributed by atoms with Crippen molar-refractivity contribution in [1.29, 1.82) is 0 Å². The van der Waals surface area contributed by atoms with E-state index in [0.29, 0.717) is 6.54 Å². The molecule has 1 aromatic carbocycles. The third kappa shape index (κ3) is 4.34. The summed E-state index contributed by atoms with van der Waals surface area (Å²) < 4.78 is 39.1. The lowest BCUT2D eigenvalue weighted by molar-refractivity contribution is -0.137. The van der Waals surface area contributed by atoms with E-state index in [1.54, 1.807) is 0 Å². The van der Waals surface area contributed by atoms with Gasteiger partial charge in [0.2, 0.25) is 0 Å². The van der Waals surface area contributed by atoms with Gasteiger partial charge in [0.05, 0.1) is 23.5 Å². The molecular weight excluding hydrogens is 378 g/mol. The standard InChI is InChI=1S/C16H14Cl2F3N3O/c17-13-7-22-24(15(25)14(13)18)9-23(12-5-6-12)8-10-1-3-11(4-2-10)16(19,20)21/h1-4,7,12H,5-6,8-9H2. The van der Waals surface area contributed by atoms with Gasteiger partial charge in [0.25, 0.3) is 5.56 Å². The zero-order valence-electron chi connectivity index (χ0n) is 12.9. The van der Waals surface area contributed by atoms with Crippen LogP contribution in [0.1, 0.15) is 24.0 Å². The van der Waals surface area contributed by atoms with Gasteiger partial charge in [-0.15, -0.1) is 0 Å². The highest BCUT2D eigenvalue weighted by Gasteiger charge is 2.31. The van der Waals surface area contributed by atoms with Crippen LogP contribution in [0.3, 0.4) is 0 Å². The Kier molecular flexibility index (Phi) is 5.09. The van der Waals surface area contributed by atoms with Crippen LogP contribution in [0.5, 0.6) is 0 Å². The van der Waals surface area contributed by atoms with Gasteiger partial charge in [0.15, 0.2) is 0 Å². The predicted molar refractivity (Wildman–Crippen MR) is 88.5 cm³/mol.